The number of furan rings is 1. The van der Waals surface area contributed by atoms with Crippen LogP contribution in [0.1, 0.15) is 23.5 Å². The molecule has 0 amide bonds. The topological polar surface area (TPSA) is 64.2 Å². The van der Waals surface area contributed by atoms with Crippen LogP contribution in [0.15, 0.2) is 57.9 Å². The monoisotopic (exact) mass is 420 g/mol. The normalized spacial score (nSPS) is 14.7. The van der Waals surface area contributed by atoms with E-state index < -0.39 is 17.6 Å². The molecule has 0 radical (unpaired) electrons. The van der Waals surface area contributed by atoms with Crippen molar-refractivity contribution in [3.05, 3.63) is 82.1 Å². The third-order valence-corrected chi connectivity index (χ3v) is 4.74. The first kappa shape index (κ1) is 19.9. The van der Waals surface area contributed by atoms with Gasteiger partial charge >= 0.3 is 11.9 Å². The minimum absolute atomic E-state index is 0.0451. The van der Waals surface area contributed by atoms with Crippen molar-refractivity contribution < 1.29 is 22.0 Å². The zero-order valence-electron chi connectivity index (χ0n) is 15.6. The van der Waals surface area contributed by atoms with Crippen LogP contribution in [0.5, 0.6) is 0 Å². The van der Waals surface area contributed by atoms with Crippen LogP contribution in [-0.4, -0.2) is 27.9 Å². The van der Waals surface area contributed by atoms with E-state index in [-0.39, 0.29) is 18.1 Å². The lowest BCUT2D eigenvalue weighted by Crippen LogP contribution is -2.33. The third kappa shape index (κ3) is 4.27. The molecule has 0 bridgehead atoms. The molecule has 0 saturated heterocycles. The number of hydrogen-bond donors (Lipinski definition) is 0. The van der Waals surface area contributed by atoms with Crippen LogP contribution in [-0.2, 0) is 12.7 Å². The molecule has 156 valence electrons. The molecule has 3 heterocycles. The molecule has 3 aromatic rings. The zero-order chi connectivity index (χ0) is 21.3. The molecular formula is C20H16F4N4O2. The van der Waals surface area contributed by atoms with Crippen LogP contribution >= 0.6 is 0 Å². The average Bonchev–Trinajstić information content (AvgIpc) is 3.20. The average molecular weight is 420 g/mol. The minimum atomic E-state index is -4.59. The molecule has 6 nitrogen and oxygen atoms in total. The van der Waals surface area contributed by atoms with Crippen molar-refractivity contribution in [2.24, 2.45) is 0 Å². The Balaban J connectivity index is 1.45. The summed E-state index contributed by atoms with van der Waals surface area (Å²) in [7, 11) is 0. The van der Waals surface area contributed by atoms with Crippen molar-refractivity contribution in [3.63, 3.8) is 0 Å². The molecule has 0 fully saturated rings. The Morgan fingerprint density at radius 1 is 1.10 bits per heavy atom. The van der Waals surface area contributed by atoms with E-state index in [0.29, 0.717) is 25.3 Å². The number of anilines is 1. The molecule has 1 aliphatic heterocycles. The van der Waals surface area contributed by atoms with Crippen molar-refractivity contribution in [2.75, 3.05) is 18.0 Å². The summed E-state index contributed by atoms with van der Waals surface area (Å²) in [5.41, 5.74) is 1.32. The van der Waals surface area contributed by atoms with E-state index in [9.17, 15) is 22.4 Å². The number of aromatic nitrogens is 3. The molecule has 30 heavy (non-hydrogen) atoms. The second-order valence-electron chi connectivity index (χ2n) is 6.75. The standard InChI is InChI=1S/C20H16F4N4O2/c21-15-3-1-13(2-4-15)14-7-9-27(10-8-14)18-11-25-28(19(29)26-18)12-16-5-6-17(30-16)20(22,23)24/h1-7,11H,8-10,12H2. The first-order valence-corrected chi connectivity index (χ1v) is 9.09. The fourth-order valence-corrected chi connectivity index (χ4v) is 3.18. The van der Waals surface area contributed by atoms with Gasteiger partial charge in [0.2, 0.25) is 5.76 Å². The highest BCUT2D eigenvalue weighted by molar-refractivity contribution is 5.68. The Kier molecular flexibility index (Phi) is 5.15. The number of halogens is 4. The van der Waals surface area contributed by atoms with Crippen LogP contribution in [0.25, 0.3) is 5.57 Å². The fourth-order valence-electron chi connectivity index (χ4n) is 3.18. The summed E-state index contributed by atoms with van der Waals surface area (Å²) in [4.78, 5) is 18.1. The van der Waals surface area contributed by atoms with Gasteiger partial charge in [-0.15, -0.1) is 0 Å². The Hall–Kier alpha value is -3.43. The molecule has 10 heteroatoms. The van der Waals surface area contributed by atoms with Gasteiger partial charge in [-0.25, -0.2) is 13.9 Å². The lowest BCUT2D eigenvalue weighted by atomic mass is 9.99. The van der Waals surface area contributed by atoms with Crippen molar-refractivity contribution in [3.8, 4) is 0 Å². The van der Waals surface area contributed by atoms with Gasteiger partial charge in [0.25, 0.3) is 0 Å². The van der Waals surface area contributed by atoms with Crippen LogP contribution in [0.3, 0.4) is 0 Å². The van der Waals surface area contributed by atoms with Crippen LogP contribution in [0, 0.1) is 5.82 Å². The lowest BCUT2D eigenvalue weighted by Gasteiger charge is -2.27. The maximum atomic E-state index is 13.1. The van der Waals surface area contributed by atoms with E-state index in [1.165, 1.54) is 18.3 Å². The summed E-state index contributed by atoms with van der Waals surface area (Å²) < 4.78 is 56.6. The predicted molar refractivity (Wildman–Crippen MR) is 100 cm³/mol. The predicted octanol–water partition coefficient (Wildman–Crippen LogP) is 3.73. The summed E-state index contributed by atoms with van der Waals surface area (Å²) in [6.45, 7) is 0.837. The smallest absolute Gasteiger partial charge is 0.449 e. The third-order valence-electron chi connectivity index (χ3n) is 4.74. The van der Waals surface area contributed by atoms with Gasteiger partial charge < -0.3 is 9.32 Å². The van der Waals surface area contributed by atoms with Gasteiger partial charge in [-0.2, -0.15) is 23.3 Å². The number of hydrogen-bond acceptors (Lipinski definition) is 5. The first-order chi connectivity index (χ1) is 14.3. The number of rotatable bonds is 4. The van der Waals surface area contributed by atoms with Gasteiger partial charge in [0.15, 0.2) is 5.82 Å². The van der Waals surface area contributed by atoms with E-state index in [1.807, 2.05) is 11.0 Å². The molecule has 1 aromatic carbocycles. The Bertz CT molecular complexity index is 1130. The van der Waals surface area contributed by atoms with E-state index in [2.05, 4.69) is 10.1 Å². The highest BCUT2D eigenvalue weighted by Gasteiger charge is 2.34. The first-order valence-electron chi connectivity index (χ1n) is 9.09. The zero-order valence-corrected chi connectivity index (χ0v) is 15.6. The summed E-state index contributed by atoms with van der Waals surface area (Å²) in [6.07, 6.45) is -0.534. The molecule has 2 aromatic heterocycles. The largest absolute Gasteiger partial charge is 0.455 e. The minimum Gasteiger partial charge on any atom is -0.455 e. The second-order valence-corrected chi connectivity index (χ2v) is 6.75. The fraction of sp³-hybridized carbons (Fsp3) is 0.250. The van der Waals surface area contributed by atoms with E-state index in [0.717, 1.165) is 28.0 Å². The van der Waals surface area contributed by atoms with E-state index >= 15 is 0 Å². The summed E-state index contributed by atoms with van der Waals surface area (Å²) in [5.74, 6) is -1.10. The highest BCUT2D eigenvalue weighted by Crippen LogP contribution is 2.30. The second kappa shape index (κ2) is 7.77. The molecule has 0 unspecified atom stereocenters. The van der Waals surface area contributed by atoms with Crippen molar-refractivity contribution >= 4 is 11.4 Å². The number of benzene rings is 1. The van der Waals surface area contributed by atoms with Crippen molar-refractivity contribution in [1.29, 1.82) is 0 Å². The lowest BCUT2D eigenvalue weighted by molar-refractivity contribution is -0.153. The molecule has 0 saturated carbocycles. The van der Waals surface area contributed by atoms with Crippen molar-refractivity contribution in [2.45, 2.75) is 19.1 Å². The van der Waals surface area contributed by atoms with Crippen LogP contribution < -0.4 is 10.6 Å². The molecule has 0 atom stereocenters. The molecule has 0 aliphatic carbocycles. The van der Waals surface area contributed by atoms with Gasteiger partial charge in [0.1, 0.15) is 18.1 Å². The molecule has 0 N–H and O–H groups in total. The van der Waals surface area contributed by atoms with Crippen molar-refractivity contribution in [1.82, 2.24) is 14.8 Å². The van der Waals surface area contributed by atoms with E-state index in [4.69, 9.17) is 4.42 Å². The summed E-state index contributed by atoms with van der Waals surface area (Å²) in [6, 6.07) is 8.21. The maximum Gasteiger partial charge on any atom is 0.449 e. The Morgan fingerprint density at radius 2 is 1.87 bits per heavy atom. The van der Waals surface area contributed by atoms with Gasteiger partial charge in [-0.05, 0) is 41.8 Å². The van der Waals surface area contributed by atoms with Gasteiger partial charge in [-0.3, -0.25) is 0 Å². The quantitative estimate of drug-likeness (QED) is 0.602. The Labute approximate surface area is 168 Å². The molecule has 0 spiro atoms. The van der Waals surface area contributed by atoms with Crippen LogP contribution in [0.4, 0.5) is 23.4 Å². The molecular weight excluding hydrogens is 404 g/mol. The summed E-state index contributed by atoms with van der Waals surface area (Å²) in [5, 5.41) is 4.00. The molecule has 1 aliphatic rings. The van der Waals surface area contributed by atoms with Gasteiger partial charge in [0, 0.05) is 13.1 Å². The summed E-state index contributed by atoms with van der Waals surface area (Å²) >= 11 is 0. The molecule has 4 rings (SSSR count). The number of nitrogens with zero attached hydrogens (tertiary/aromatic N) is 4. The van der Waals surface area contributed by atoms with Gasteiger partial charge in [-0.1, -0.05) is 18.2 Å². The van der Waals surface area contributed by atoms with Gasteiger partial charge in [0.05, 0.1) is 6.20 Å². The highest BCUT2D eigenvalue weighted by atomic mass is 19.4. The maximum absolute atomic E-state index is 13.1. The number of alkyl halides is 3. The Morgan fingerprint density at radius 3 is 2.47 bits per heavy atom. The van der Waals surface area contributed by atoms with E-state index in [1.54, 1.807) is 12.1 Å². The van der Waals surface area contributed by atoms with Crippen LogP contribution in [0.2, 0.25) is 0 Å². The SMILES string of the molecule is O=c1nc(N2CC=C(c3ccc(F)cc3)CC2)cnn1Cc1ccc(C(F)(F)F)o1.